The smallest absolute Gasteiger partial charge is 0.206 e. The Kier molecular flexibility index (Phi) is 3.74. The molecule has 0 aliphatic heterocycles. The molecule has 0 amide bonds. The van der Waals surface area contributed by atoms with Gasteiger partial charge in [0, 0.05) is 42.5 Å². The number of benzene rings is 1. The lowest BCUT2D eigenvalue weighted by Gasteiger charge is -2.09. The number of pyridine rings is 1. The van der Waals surface area contributed by atoms with Crippen molar-refractivity contribution in [2.75, 3.05) is 0 Å². The molecule has 4 rings (SSSR count). The van der Waals surface area contributed by atoms with Gasteiger partial charge < -0.3 is 4.74 Å². The molecule has 0 aliphatic carbocycles. The van der Waals surface area contributed by atoms with E-state index in [1.165, 1.54) is 6.07 Å². The van der Waals surface area contributed by atoms with Gasteiger partial charge in [-0.2, -0.15) is 10.2 Å². The molecule has 25 heavy (non-hydrogen) atoms. The molecule has 1 aromatic carbocycles. The van der Waals surface area contributed by atoms with Crippen LogP contribution in [-0.2, 0) is 13.7 Å². The number of fused-ring (bicyclic) bond motifs is 1. The van der Waals surface area contributed by atoms with Crippen LogP contribution in [0.5, 0.6) is 5.75 Å². The molecule has 3 aromatic heterocycles. The fourth-order valence-corrected chi connectivity index (χ4v) is 2.58. The van der Waals surface area contributed by atoms with E-state index in [1.807, 2.05) is 37.5 Å². The molecule has 0 saturated carbocycles. The highest BCUT2D eigenvalue weighted by Gasteiger charge is 2.08. The molecule has 0 unspecified atom stereocenters. The Morgan fingerprint density at radius 1 is 1.16 bits per heavy atom. The first-order chi connectivity index (χ1) is 12.2. The van der Waals surface area contributed by atoms with Crippen molar-refractivity contribution < 1.29 is 4.74 Å². The quantitative estimate of drug-likeness (QED) is 0.572. The molecule has 124 valence electrons. The monoisotopic (exact) mass is 333 g/mol. The van der Waals surface area contributed by atoms with E-state index in [-0.39, 0.29) is 12.0 Å². The minimum atomic E-state index is -0.165. The van der Waals surface area contributed by atoms with Gasteiger partial charge in [-0.1, -0.05) is 12.1 Å². The van der Waals surface area contributed by atoms with Crippen molar-refractivity contribution in [2.45, 2.75) is 6.61 Å². The van der Waals surface area contributed by atoms with Crippen LogP contribution >= 0.6 is 0 Å². The third-order valence-corrected chi connectivity index (χ3v) is 3.84. The second-order valence-corrected chi connectivity index (χ2v) is 5.59. The van der Waals surface area contributed by atoms with Crippen LogP contribution in [0.4, 0.5) is 0 Å². The highest BCUT2D eigenvalue weighted by molar-refractivity contribution is 5.87. The van der Waals surface area contributed by atoms with Crippen LogP contribution in [0.2, 0.25) is 0 Å². The van der Waals surface area contributed by atoms with Crippen LogP contribution in [0.1, 0.15) is 5.69 Å². The second kappa shape index (κ2) is 6.20. The van der Waals surface area contributed by atoms with Crippen LogP contribution in [-0.4, -0.2) is 24.5 Å². The number of rotatable bonds is 4. The van der Waals surface area contributed by atoms with Crippen molar-refractivity contribution in [1.29, 1.82) is 0 Å². The largest absolute Gasteiger partial charge is 0.486 e. The minimum absolute atomic E-state index is 0.0847. The predicted octanol–water partition coefficient (Wildman–Crippen LogP) is 2.09. The zero-order chi connectivity index (χ0) is 17.2. The molecule has 0 radical (unpaired) electrons. The van der Waals surface area contributed by atoms with Crippen LogP contribution in [0.3, 0.4) is 0 Å². The van der Waals surface area contributed by atoms with Crippen LogP contribution < -0.4 is 10.2 Å². The van der Waals surface area contributed by atoms with Crippen molar-refractivity contribution in [1.82, 2.24) is 24.5 Å². The lowest BCUT2D eigenvalue weighted by atomic mass is 10.1. The Hall–Kier alpha value is -3.48. The zero-order valence-electron chi connectivity index (χ0n) is 13.5. The summed E-state index contributed by atoms with van der Waals surface area (Å²) in [6.07, 6.45) is 8.61. The average molecular weight is 333 g/mol. The van der Waals surface area contributed by atoms with Crippen molar-refractivity contribution in [3.63, 3.8) is 0 Å². The van der Waals surface area contributed by atoms with E-state index in [9.17, 15) is 4.79 Å². The maximum Gasteiger partial charge on any atom is 0.206 e. The summed E-state index contributed by atoms with van der Waals surface area (Å²) < 4.78 is 9.15. The third-order valence-electron chi connectivity index (χ3n) is 3.84. The molecule has 0 N–H and O–H groups in total. The van der Waals surface area contributed by atoms with Crippen molar-refractivity contribution in [3.05, 3.63) is 77.2 Å². The second-order valence-electron chi connectivity index (χ2n) is 5.59. The Bertz CT molecular complexity index is 1090. The summed E-state index contributed by atoms with van der Waals surface area (Å²) in [5, 5.41) is 10.4. The maximum atomic E-state index is 12.1. The van der Waals surface area contributed by atoms with Crippen molar-refractivity contribution >= 4 is 10.8 Å². The summed E-state index contributed by atoms with van der Waals surface area (Å²) in [7, 11) is 1.82. The number of hydrogen-bond donors (Lipinski definition) is 0. The first-order valence-corrected chi connectivity index (χ1v) is 7.74. The summed E-state index contributed by atoms with van der Waals surface area (Å²) in [4.78, 5) is 16.2. The first kappa shape index (κ1) is 15.1. The molecule has 0 spiro atoms. The van der Waals surface area contributed by atoms with Crippen molar-refractivity contribution in [2.24, 2.45) is 7.05 Å². The van der Waals surface area contributed by atoms with Crippen LogP contribution in [0.15, 0.2) is 66.1 Å². The highest BCUT2D eigenvalue weighted by atomic mass is 16.5. The minimum Gasteiger partial charge on any atom is -0.486 e. The Labute approximate surface area is 143 Å². The maximum absolute atomic E-state index is 12.1. The zero-order valence-corrected chi connectivity index (χ0v) is 13.5. The van der Waals surface area contributed by atoms with Crippen molar-refractivity contribution in [3.8, 4) is 11.4 Å². The Morgan fingerprint density at radius 3 is 2.92 bits per heavy atom. The number of aromatic nitrogens is 5. The first-order valence-electron chi connectivity index (χ1n) is 7.74. The average Bonchev–Trinajstić information content (AvgIpc) is 3.07. The summed E-state index contributed by atoms with van der Waals surface area (Å²) in [6, 6.07) is 9.09. The standard InChI is InChI=1S/C18H15N5O2/c1-22-11-14(10-20-22)23-8-6-17(24)16(21-23)12-25-18-4-2-3-13-9-19-7-5-15(13)18/h2-11H,12H2,1H3. The van der Waals surface area contributed by atoms with Gasteiger partial charge in [0.2, 0.25) is 5.43 Å². The molecule has 0 saturated heterocycles. The van der Waals surface area contributed by atoms with Gasteiger partial charge in [0.05, 0.1) is 12.4 Å². The van der Waals surface area contributed by atoms with E-state index in [0.29, 0.717) is 11.4 Å². The van der Waals surface area contributed by atoms with Gasteiger partial charge in [-0.25, -0.2) is 4.68 Å². The molecular weight excluding hydrogens is 318 g/mol. The summed E-state index contributed by atoms with van der Waals surface area (Å²) in [6.45, 7) is 0.0847. The van der Waals surface area contributed by atoms with Gasteiger partial charge in [0.15, 0.2) is 0 Å². The van der Waals surface area contributed by atoms with Gasteiger partial charge in [-0.3, -0.25) is 14.5 Å². The van der Waals surface area contributed by atoms with Gasteiger partial charge >= 0.3 is 0 Å². The molecule has 0 atom stereocenters. The SMILES string of the molecule is Cn1cc(-n2ccc(=O)c(COc3cccc4cnccc34)n2)cn1. The summed E-state index contributed by atoms with van der Waals surface area (Å²) in [5.41, 5.74) is 0.944. The predicted molar refractivity (Wildman–Crippen MR) is 92.7 cm³/mol. The van der Waals surface area contributed by atoms with Gasteiger partial charge in [-0.15, -0.1) is 0 Å². The molecule has 7 heteroatoms. The highest BCUT2D eigenvalue weighted by Crippen LogP contribution is 2.24. The number of hydrogen-bond acceptors (Lipinski definition) is 5. The molecular formula is C18H15N5O2. The molecule has 4 aromatic rings. The lowest BCUT2D eigenvalue weighted by Crippen LogP contribution is -2.17. The van der Waals surface area contributed by atoms with Gasteiger partial charge in [0.25, 0.3) is 0 Å². The normalized spacial score (nSPS) is 10.9. The van der Waals surface area contributed by atoms with Gasteiger partial charge in [0.1, 0.15) is 23.7 Å². The number of aryl methyl sites for hydroxylation is 1. The van der Waals surface area contributed by atoms with E-state index >= 15 is 0 Å². The van der Waals surface area contributed by atoms with Crippen LogP contribution in [0.25, 0.3) is 16.5 Å². The molecule has 0 aliphatic rings. The molecule has 7 nitrogen and oxygen atoms in total. The number of nitrogens with zero attached hydrogens (tertiary/aromatic N) is 5. The fraction of sp³-hybridized carbons (Fsp3) is 0.111. The topological polar surface area (TPSA) is 74.8 Å². The van der Waals surface area contributed by atoms with Crippen LogP contribution in [0, 0.1) is 0 Å². The molecule has 0 bridgehead atoms. The third kappa shape index (κ3) is 2.99. The number of ether oxygens (including phenoxy) is 1. The van der Waals surface area contributed by atoms with E-state index < -0.39 is 0 Å². The molecule has 3 heterocycles. The summed E-state index contributed by atoms with van der Waals surface area (Å²) in [5.74, 6) is 0.692. The lowest BCUT2D eigenvalue weighted by molar-refractivity contribution is 0.301. The van der Waals surface area contributed by atoms with Gasteiger partial charge in [-0.05, 0) is 12.1 Å². The Morgan fingerprint density at radius 2 is 2.08 bits per heavy atom. The Balaban J connectivity index is 1.63. The molecule has 0 fully saturated rings. The van der Waals surface area contributed by atoms with E-state index in [2.05, 4.69) is 15.2 Å². The van der Waals surface area contributed by atoms with E-state index in [4.69, 9.17) is 4.74 Å². The summed E-state index contributed by atoms with van der Waals surface area (Å²) >= 11 is 0. The van der Waals surface area contributed by atoms with E-state index in [0.717, 1.165) is 16.5 Å². The van der Waals surface area contributed by atoms with E-state index in [1.54, 1.807) is 34.2 Å². The fourth-order valence-electron chi connectivity index (χ4n) is 2.58.